The largest absolute Gasteiger partial charge is 0.490 e. The smallest absolute Gasteiger partial charge is 0.363 e. The Morgan fingerprint density at radius 3 is 2.44 bits per heavy atom. The van der Waals surface area contributed by atoms with Gasteiger partial charge >= 0.3 is 5.97 Å². The molecule has 0 atom stereocenters. The number of aliphatic imine (C=N–C) groups is 1. The minimum absolute atomic E-state index is 0.178. The minimum atomic E-state index is -0.526. The van der Waals surface area contributed by atoms with Crippen LogP contribution in [0.5, 0.6) is 17.2 Å². The summed E-state index contributed by atoms with van der Waals surface area (Å²) in [6, 6.07) is 20.5. The molecular weight excluding hydrogens is 454 g/mol. The zero-order valence-electron chi connectivity index (χ0n) is 18.9. The summed E-state index contributed by atoms with van der Waals surface area (Å²) in [5.74, 6) is 1.43. The molecule has 7 heteroatoms. The molecule has 4 rings (SSSR count). The van der Waals surface area contributed by atoms with E-state index >= 15 is 0 Å². The fourth-order valence-corrected chi connectivity index (χ4v) is 3.63. The summed E-state index contributed by atoms with van der Waals surface area (Å²) in [6.45, 7) is 4.91. The molecule has 3 aromatic carbocycles. The maximum Gasteiger partial charge on any atom is 0.363 e. The molecule has 0 fully saturated rings. The predicted molar refractivity (Wildman–Crippen MR) is 132 cm³/mol. The Bertz CT molecular complexity index is 1240. The third-order valence-corrected chi connectivity index (χ3v) is 5.24. The van der Waals surface area contributed by atoms with E-state index in [2.05, 4.69) is 4.99 Å². The van der Waals surface area contributed by atoms with Crippen LogP contribution in [0.1, 0.15) is 23.6 Å². The first kappa shape index (κ1) is 23.4. The lowest BCUT2D eigenvalue weighted by Crippen LogP contribution is -2.10. The summed E-state index contributed by atoms with van der Waals surface area (Å²) in [5.41, 5.74) is 2.60. The molecule has 0 saturated carbocycles. The Hall–Kier alpha value is -3.77. The number of cyclic esters (lactones) is 1. The van der Waals surface area contributed by atoms with Gasteiger partial charge in [-0.1, -0.05) is 48.0 Å². The number of ether oxygens (including phenoxy) is 4. The van der Waals surface area contributed by atoms with Crippen molar-refractivity contribution in [3.63, 3.8) is 0 Å². The molecule has 34 heavy (non-hydrogen) atoms. The van der Waals surface area contributed by atoms with E-state index in [1.54, 1.807) is 18.2 Å². The van der Waals surface area contributed by atoms with Crippen molar-refractivity contribution in [2.75, 3.05) is 19.8 Å². The van der Waals surface area contributed by atoms with Gasteiger partial charge < -0.3 is 18.9 Å². The molecule has 3 aromatic rings. The van der Waals surface area contributed by atoms with Crippen LogP contribution in [0, 0.1) is 6.92 Å². The SMILES string of the molecule is CCOc1cc(/C=C2/N=C(c3ccccc3)OC2=O)cc(Cl)c1OCCOc1ccccc1C. The maximum atomic E-state index is 12.3. The van der Waals surface area contributed by atoms with Crippen molar-refractivity contribution in [3.05, 3.63) is 94.1 Å². The number of rotatable bonds is 9. The number of esters is 1. The lowest BCUT2D eigenvalue weighted by molar-refractivity contribution is -0.129. The highest BCUT2D eigenvalue weighted by molar-refractivity contribution is 6.32. The highest BCUT2D eigenvalue weighted by Crippen LogP contribution is 2.37. The molecule has 0 spiro atoms. The van der Waals surface area contributed by atoms with E-state index in [1.807, 2.05) is 68.4 Å². The number of carbonyl (C=O) groups is 1. The van der Waals surface area contributed by atoms with E-state index in [0.717, 1.165) is 16.9 Å². The molecule has 0 N–H and O–H groups in total. The highest BCUT2D eigenvalue weighted by Gasteiger charge is 2.24. The number of aryl methyl sites for hydroxylation is 1. The van der Waals surface area contributed by atoms with Crippen molar-refractivity contribution in [3.8, 4) is 17.2 Å². The van der Waals surface area contributed by atoms with Crippen LogP contribution in [0.2, 0.25) is 5.02 Å². The van der Waals surface area contributed by atoms with E-state index in [4.69, 9.17) is 30.5 Å². The average molecular weight is 478 g/mol. The van der Waals surface area contributed by atoms with Crippen molar-refractivity contribution in [1.82, 2.24) is 0 Å². The molecule has 0 unspecified atom stereocenters. The van der Waals surface area contributed by atoms with Gasteiger partial charge in [0.25, 0.3) is 0 Å². The first-order valence-electron chi connectivity index (χ1n) is 10.9. The third-order valence-electron chi connectivity index (χ3n) is 4.96. The van der Waals surface area contributed by atoms with E-state index in [0.29, 0.717) is 35.3 Å². The van der Waals surface area contributed by atoms with Crippen LogP contribution >= 0.6 is 11.6 Å². The molecule has 0 saturated heterocycles. The fraction of sp³-hybridized carbons (Fsp3) is 0.185. The van der Waals surface area contributed by atoms with Gasteiger partial charge in [-0.05, 0) is 61.4 Å². The Balaban J connectivity index is 1.50. The van der Waals surface area contributed by atoms with Crippen LogP contribution < -0.4 is 14.2 Å². The number of para-hydroxylation sites is 1. The second-order valence-corrected chi connectivity index (χ2v) is 7.83. The van der Waals surface area contributed by atoms with Crippen molar-refractivity contribution in [1.29, 1.82) is 0 Å². The second kappa shape index (κ2) is 10.9. The van der Waals surface area contributed by atoms with Crippen molar-refractivity contribution in [2.24, 2.45) is 4.99 Å². The molecule has 1 aliphatic heterocycles. The van der Waals surface area contributed by atoms with Gasteiger partial charge in [0.2, 0.25) is 5.90 Å². The number of nitrogens with zero attached hydrogens (tertiary/aromatic N) is 1. The Kier molecular flexibility index (Phi) is 7.50. The van der Waals surface area contributed by atoms with E-state index in [1.165, 1.54) is 0 Å². The summed E-state index contributed by atoms with van der Waals surface area (Å²) >= 11 is 6.51. The first-order valence-corrected chi connectivity index (χ1v) is 11.3. The standard InChI is InChI=1S/C27H24ClNO5/c1-3-31-24-17-19(16-22-27(30)34-26(29-22)20-10-5-4-6-11-20)15-21(28)25(24)33-14-13-32-23-12-8-7-9-18(23)2/h4-12,15-17H,3,13-14H2,1-2H3/b22-16+. The molecule has 1 aliphatic rings. The van der Waals surface area contributed by atoms with Crippen LogP contribution in [0.15, 0.2) is 77.4 Å². The number of benzene rings is 3. The van der Waals surface area contributed by atoms with E-state index < -0.39 is 5.97 Å². The van der Waals surface area contributed by atoms with Crippen LogP contribution in [-0.2, 0) is 9.53 Å². The predicted octanol–water partition coefficient (Wildman–Crippen LogP) is 5.85. The quantitative estimate of drug-likeness (QED) is 0.220. The summed E-state index contributed by atoms with van der Waals surface area (Å²) in [7, 11) is 0. The molecular formula is C27H24ClNO5. The van der Waals surface area contributed by atoms with Gasteiger partial charge in [-0.2, -0.15) is 0 Å². The zero-order chi connectivity index (χ0) is 23.9. The number of carbonyl (C=O) groups excluding carboxylic acids is 1. The van der Waals surface area contributed by atoms with Gasteiger partial charge in [0.15, 0.2) is 17.2 Å². The molecule has 0 amide bonds. The molecule has 1 heterocycles. The lowest BCUT2D eigenvalue weighted by Gasteiger charge is -2.15. The Morgan fingerprint density at radius 2 is 1.68 bits per heavy atom. The Morgan fingerprint density at radius 1 is 0.941 bits per heavy atom. The molecule has 0 aliphatic carbocycles. The Labute approximate surface area is 203 Å². The normalized spacial score (nSPS) is 14.0. The van der Waals surface area contributed by atoms with Crippen molar-refractivity contribution >= 4 is 29.5 Å². The number of halogens is 1. The van der Waals surface area contributed by atoms with Gasteiger partial charge in [-0.15, -0.1) is 0 Å². The zero-order valence-corrected chi connectivity index (χ0v) is 19.7. The van der Waals surface area contributed by atoms with Crippen LogP contribution in [0.3, 0.4) is 0 Å². The highest BCUT2D eigenvalue weighted by atomic mass is 35.5. The summed E-state index contributed by atoms with van der Waals surface area (Å²) in [6.07, 6.45) is 1.61. The maximum absolute atomic E-state index is 12.3. The molecule has 0 bridgehead atoms. The second-order valence-electron chi connectivity index (χ2n) is 7.43. The number of hydrogen-bond donors (Lipinski definition) is 0. The fourth-order valence-electron chi connectivity index (χ4n) is 3.36. The van der Waals surface area contributed by atoms with Crippen LogP contribution in [0.25, 0.3) is 6.08 Å². The van der Waals surface area contributed by atoms with E-state index in [-0.39, 0.29) is 18.2 Å². The van der Waals surface area contributed by atoms with Gasteiger partial charge in [0, 0.05) is 5.56 Å². The van der Waals surface area contributed by atoms with Gasteiger partial charge in [0.1, 0.15) is 19.0 Å². The van der Waals surface area contributed by atoms with E-state index in [9.17, 15) is 4.79 Å². The topological polar surface area (TPSA) is 66.4 Å². The molecule has 6 nitrogen and oxygen atoms in total. The van der Waals surface area contributed by atoms with Crippen LogP contribution in [0.4, 0.5) is 0 Å². The summed E-state index contributed by atoms with van der Waals surface area (Å²) in [4.78, 5) is 16.7. The lowest BCUT2D eigenvalue weighted by atomic mass is 10.1. The monoisotopic (exact) mass is 477 g/mol. The number of hydrogen-bond acceptors (Lipinski definition) is 6. The van der Waals surface area contributed by atoms with Crippen molar-refractivity contribution < 1.29 is 23.7 Å². The van der Waals surface area contributed by atoms with Crippen molar-refractivity contribution in [2.45, 2.75) is 13.8 Å². The van der Waals surface area contributed by atoms with Gasteiger partial charge in [-0.3, -0.25) is 0 Å². The molecule has 174 valence electrons. The molecule has 0 aromatic heterocycles. The van der Waals surface area contributed by atoms with Gasteiger partial charge in [-0.25, -0.2) is 9.79 Å². The first-order chi connectivity index (χ1) is 16.5. The average Bonchev–Trinajstić information content (AvgIpc) is 3.20. The summed E-state index contributed by atoms with van der Waals surface area (Å²) in [5, 5.41) is 0.354. The summed E-state index contributed by atoms with van der Waals surface area (Å²) < 4.78 is 22.7. The minimum Gasteiger partial charge on any atom is -0.490 e. The molecule has 0 radical (unpaired) electrons. The van der Waals surface area contributed by atoms with Crippen LogP contribution in [-0.4, -0.2) is 31.7 Å². The van der Waals surface area contributed by atoms with Gasteiger partial charge in [0.05, 0.1) is 11.6 Å². The third kappa shape index (κ3) is 5.58.